The Labute approximate surface area is 149 Å². The van der Waals surface area contributed by atoms with E-state index in [1.54, 1.807) is 0 Å². The zero-order valence-corrected chi connectivity index (χ0v) is 14.8. The van der Waals surface area contributed by atoms with Crippen LogP contribution >= 0.6 is 0 Å². The van der Waals surface area contributed by atoms with Crippen LogP contribution in [0.4, 0.5) is 11.8 Å². The van der Waals surface area contributed by atoms with Crippen molar-refractivity contribution < 1.29 is 5.11 Å². The molecule has 0 bridgehead atoms. The molecule has 1 aromatic heterocycles. The summed E-state index contributed by atoms with van der Waals surface area (Å²) >= 11 is 0. The highest BCUT2D eigenvalue weighted by molar-refractivity contribution is 5.50. The van der Waals surface area contributed by atoms with Crippen molar-refractivity contribution in [2.75, 3.05) is 23.4 Å². The second-order valence-electron chi connectivity index (χ2n) is 7.20. The summed E-state index contributed by atoms with van der Waals surface area (Å²) in [6, 6.07) is 11.3. The van der Waals surface area contributed by atoms with Crippen LogP contribution in [0.3, 0.4) is 0 Å². The van der Waals surface area contributed by atoms with E-state index in [9.17, 15) is 0 Å². The number of aromatic nitrogens is 2. The number of anilines is 2. The van der Waals surface area contributed by atoms with Crippen LogP contribution < -0.4 is 10.2 Å². The third-order valence-electron chi connectivity index (χ3n) is 5.15. The average Bonchev–Trinajstić information content (AvgIpc) is 3.46. The van der Waals surface area contributed by atoms with Crippen molar-refractivity contribution in [3.63, 3.8) is 0 Å². The lowest BCUT2D eigenvalue weighted by Crippen LogP contribution is -2.39. The fraction of sp³-hybridized carbons (Fsp3) is 0.500. The van der Waals surface area contributed by atoms with E-state index in [4.69, 9.17) is 15.1 Å². The molecule has 0 spiro atoms. The summed E-state index contributed by atoms with van der Waals surface area (Å²) < 4.78 is 0. The van der Waals surface area contributed by atoms with E-state index in [-0.39, 0.29) is 6.61 Å². The lowest BCUT2D eigenvalue weighted by molar-refractivity contribution is 0.292. The molecule has 0 radical (unpaired) electrons. The van der Waals surface area contributed by atoms with Gasteiger partial charge in [0.05, 0.1) is 5.69 Å². The molecule has 5 nitrogen and oxygen atoms in total. The maximum absolute atomic E-state index is 8.99. The fourth-order valence-electron chi connectivity index (χ4n) is 3.53. The van der Waals surface area contributed by atoms with E-state index < -0.39 is 0 Å². The molecule has 1 atom stereocenters. The first-order valence-corrected chi connectivity index (χ1v) is 9.31. The first-order chi connectivity index (χ1) is 12.2. The quantitative estimate of drug-likeness (QED) is 0.793. The van der Waals surface area contributed by atoms with E-state index in [2.05, 4.69) is 47.5 Å². The highest BCUT2D eigenvalue weighted by Crippen LogP contribution is 2.40. The molecule has 1 saturated carbocycles. The number of hydrogen-bond donors (Lipinski definition) is 2. The van der Waals surface area contributed by atoms with Crippen LogP contribution in [0, 0.1) is 0 Å². The molecule has 2 aliphatic rings. The summed E-state index contributed by atoms with van der Waals surface area (Å²) in [5.74, 6) is 2.30. The highest BCUT2D eigenvalue weighted by Gasteiger charge is 2.29. The van der Waals surface area contributed by atoms with Gasteiger partial charge in [0.2, 0.25) is 5.95 Å². The number of nitrogens with one attached hydrogen (secondary N) is 1. The first-order valence-electron chi connectivity index (χ1n) is 9.31. The van der Waals surface area contributed by atoms with Crippen molar-refractivity contribution in [2.45, 2.75) is 51.1 Å². The van der Waals surface area contributed by atoms with Gasteiger partial charge < -0.3 is 15.3 Å². The molecule has 132 valence electrons. The lowest BCUT2D eigenvalue weighted by Gasteiger charge is -2.36. The van der Waals surface area contributed by atoms with Gasteiger partial charge in [-0.05, 0) is 43.7 Å². The Morgan fingerprint density at radius 3 is 2.76 bits per heavy atom. The minimum atomic E-state index is 0.183. The number of aliphatic hydroxyl groups is 1. The summed E-state index contributed by atoms with van der Waals surface area (Å²) in [5.41, 5.74) is 3.99. The van der Waals surface area contributed by atoms with Crippen molar-refractivity contribution in [1.29, 1.82) is 0 Å². The summed E-state index contributed by atoms with van der Waals surface area (Å²) in [4.78, 5) is 11.9. The zero-order chi connectivity index (χ0) is 17.2. The Hall–Kier alpha value is -2.14. The van der Waals surface area contributed by atoms with Gasteiger partial charge in [-0.3, -0.25) is 0 Å². The van der Waals surface area contributed by atoms with Crippen LogP contribution in [0.15, 0.2) is 30.3 Å². The number of hydrogen-bond acceptors (Lipinski definition) is 5. The van der Waals surface area contributed by atoms with Gasteiger partial charge in [-0.1, -0.05) is 24.3 Å². The van der Waals surface area contributed by atoms with Crippen LogP contribution in [0.2, 0.25) is 0 Å². The van der Waals surface area contributed by atoms with Gasteiger partial charge in [0.1, 0.15) is 5.82 Å². The van der Waals surface area contributed by atoms with E-state index in [1.165, 1.54) is 24.0 Å². The molecular weight excluding hydrogens is 312 g/mol. The molecule has 0 unspecified atom stereocenters. The zero-order valence-electron chi connectivity index (χ0n) is 14.8. The Bertz CT molecular complexity index is 744. The van der Waals surface area contributed by atoms with Crippen LogP contribution in [0.5, 0.6) is 0 Å². The number of fused-ring (bicyclic) bond motifs is 1. The fourth-order valence-corrected chi connectivity index (χ4v) is 3.53. The largest absolute Gasteiger partial charge is 0.396 e. The molecule has 0 saturated heterocycles. The second-order valence-corrected chi connectivity index (χ2v) is 7.20. The van der Waals surface area contributed by atoms with Gasteiger partial charge in [-0.25, -0.2) is 4.98 Å². The molecule has 2 aromatic rings. The van der Waals surface area contributed by atoms with Crippen LogP contribution in [0.1, 0.15) is 48.9 Å². The third-order valence-corrected chi connectivity index (χ3v) is 5.15. The van der Waals surface area contributed by atoms with Crippen molar-refractivity contribution in [3.05, 3.63) is 47.2 Å². The van der Waals surface area contributed by atoms with Gasteiger partial charge >= 0.3 is 0 Å². The molecule has 1 aliphatic carbocycles. The smallest absolute Gasteiger partial charge is 0.224 e. The SMILES string of the molecule is C[C@@H]1Cc2ccccc2CN1c1cc(C2CC2)nc(NCCCO)n1. The number of benzene rings is 1. The molecule has 2 N–H and O–H groups in total. The van der Waals surface area contributed by atoms with E-state index in [0.29, 0.717) is 30.9 Å². The van der Waals surface area contributed by atoms with Gasteiger partial charge in [-0.2, -0.15) is 4.98 Å². The van der Waals surface area contributed by atoms with Gasteiger partial charge in [0.25, 0.3) is 0 Å². The van der Waals surface area contributed by atoms with E-state index in [1.807, 2.05) is 0 Å². The monoisotopic (exact) mass is 338 g/mol. The van der Waals surface area contributed by atoms with Crippen LogP contribution in [-0.4, -0.2) is 34.3 Å². The minimum Gasteiger partial charge on any atom is -0.396 e. The Morgan fingerprint density at radius 2 is 2.00 bits per heavy atom. The molecule has 2 heterocycles. The molecule has 25 heavy (non-hydrogen) atoms. The maximum Gasteiger partial charge on any atom is 0.224 e. The average molecular weight is 338 g/mol. The van der Waals surface area contributed by atoms with Gasteiger partial charge in [-0.15, -0.1) is 0 Å². The number of aliphatic hydroxyl groups excluding tert-OH is 1. The molecule has 1 aliphatic heterocycles. The summed E-state index contributed by atoms with van der Waals surface area (Å²) in [6.45, 7) is 4.05. The van der Waals surface area contributed by atoms with Crippen molar-refractivity contribution in [2.24, 2.45) is 0 Å². The highest BCUT2D eigenvalue weighted by atomic mass is 16.3. The molecule has 4 rings (SSSR count). The lowest BCUT2D eigenvalue weighted by atomic mass is 9.95. The number of nitrogens with zero attached hydrogens (tertiary/aromatic N) is 3. The van der Waals surface area contributed by atoms with E-state index in [0.717, 1.165) is 24.5 Å². The van der Waals surface area contributed by atoms with E-state index >= 15 is 0 Å². The third kappa shape index (κ3) is 3.61. The summed E-state index contributed by atoms with van der Waals surface area (Å²) in [7, 11) is 0. The predicted molar refractivity (Wildman–Crippen MR) is 100.0 cm³/mol. The molecular formula is C20H26N4O. The first kappa shape index (κ1) is 16.3. The van der Waals surface area contributed by atoms with Gasteiger partial charge in [0.15, 0.2) is 0 Å². The van der Waals surface area contributed by atoms with Crippen molar-refractivity contribution >= 4 is 11.8 Å². The Balaban J connectivity index is 1.62. The second kappa shape index (κ2) is 7.00. The standard InChI is InChI=1S/C20H26N4O/c1-14-11-16-5-2-3-6-17(16)13-24(14)19-12-18(15-7-8-15)22-20(23-19)21-9-4-10-25/h2-3,5-6,12,14-15,25H,4,7-11,13H2,1H3,(H,21,22,23)/t14-/m1/s1. The normalized spacial score (nSPS) is 19.6. The predicted octanol–water partition coefficient (Wildman–Crippen LogP) is 3.10. The Morgan fingerprint density at radius 1 is 1.20 bits per heavy atom. The summed E-state index contributed by atoms with van der Waals surface area (Å²) in [6.07, 6.45) is 4.21. The topological polar surface area (TPSA) is 61.3 Å². The van der Waals surface area contributed by atoms with Crippen molar-refractivity contribution in [1.82, 2.24) is 9.97 Å². The van der Waals surface area contributed by atoms with Crippen LogP contribution in [-0.2, 0) is 13.0 Å². The minimum absolute atomic E-state index is 0.183. The molecule has 1 aromatic carbocycles. The summed E-state index contributed by atoms with van der Waals surface area (Å²) in [5, 5.41) is 12.3. The molecule has 0 amide bonds. The van der Waals surface area contributed by atoms with Crippen molar-refractivity contribution in [3.8, 4) is 0 Å². The van der Waals surface area contributed by atoms with Gasteiger partial charge in [0, 0.05) is 37.7 Å². The molecule has 5 heteroatoms. The van der Waals surface area contributed by atoms with Crippen LogP contribution in [0.25, 0.3) is 0 Å². The maximum atomic E-state index is 8.99. The number of rotatable bonds is 6. The Kier molecular flexibility index (Phi) is 4.57. The molecule has 1 fully saturated rings.